The van der Waals surface area contributed by atoms with Crippen LogP contribution in [0.5, 0.6) is 0 Å². The van der Waals surface area contributed by atoms with Crippen LogP contribution in [-0.4, -0.2) is 80.8 Å². The fraction of sp³-hybridized carbons (Fsp3) is 0.680. The normalized spacial score (nSPS) is 28.7. The molecule has 0 aliphatic carbocycles. The first kappa shape index (κ1) is 27.6. The molecule has 0 radical (unpaired) electrons. The number of methoxy groups -OCH3 is 1. The zero-order valence-electron chi connectivity index (χ0n) is 21.3. The van der Waals surface area contributed by atoms with E-state index in [0.29, 0.717) is 13.0 Å². The minimum Gasteiger partial charge on any atom is -0.444 e. The van der Waals surface area contributed by atoms with Gasteiger partial charge in [-0.15, -0.1) is 0 Å². The summed E-state index contributed by atoms with van der Waals surface area (Å²) >= 11 is 0. The van der Waals surface area contributed by atoms with Crippen LogP contribution in [0.15, 0.2) is 35.2 Å². The highest BCUT2D eigenvalue weighted by Crippen LogP contribution is 2.38. The highest BCUT2D eigenvalue weighted by Gasteiger charge is 2.50. The maximum Gasteiger partial charge on any atom is 0.412 e. The summed E-state index contributed by atoms with van der Waals surface area (Å²) in [4.78, 5) is 25.8. The smallest absolute Gasteiger partial charge is 0.412 e. The Morgan fingerprint density at radius 2 is 1.86 bits per heavy atom. The lowest BCUT2D eigenvalue weighted by Gasteiger charge is -2.31. The SMILES string of the molecule is CO[C@H]1[C@@H](C[C@H]2CN(C(=O)OC(C)(C)C)C(C)(C)O2)OC(CC=O)[C@@H]1CS(=O)(=O)c1ccccc1. The van der Waals surface area contributed by atoms with E-state index in [1.165, 1.54) is 7.11 Å². The molecule has 0 saturated carbocycles. The van der Waals surface area contributed by atoms with Crippen molar-refractivity contribution in [1.82, 2.24) is 4.90 Å². The predicted octanol–water partition coefficient (Wildman–Crippen LogP) is 3.21. The second-order valence-electron chi connectivity index (χ2n) is 10.6. The van der Waals surface area contributed by atoms with Gasteiger partial charge in [0.05, 0.1) is 41.6 Å². The predicted molar refractivity (Wildman–Crippen MR) is 129 cm³/mol. The van der Waals surface area contributed by atoms with Crippen molar-refractivity contribution in [3.63, 3.8) is 0 Å². The maximum atomic E-state index is 13.1. The van der Waals surface area contributed by atoms with Crippen molar-refractivity contribution >= 4 is 22.2 Å². The van der Waals surface area contributed by atoms with E-state index >= 15 is 0 Å². The molecule has 10 heteroatoms. The minimum absolute atomic E-state index is 0.0619. The summed E-state index contributed by atoms with van der Waals surface area (Å²) in [6.45, 7) is 9.30. The molecule has 2 aliphatic rings. The average molecular weight is 512 g/mol. The first-order valence-electron chi connectivity index (χ1n) is 11.9. The van der Waals surface area contributed by atoms with Crippen LogP contribution >= 0.6 is 0 Å². The monoisotopic (exact) mass is 511 g/mol. The Hall–Kier alpha value is -2.01. The number of hydrogen-bond acceptors (Lipinski definition) is 8. The van der Waals surface area contributed by atoms with Crippen LogP contribution in [0.1, 0.15) is 47.5 Å². The van der Waals surface area contributed by atoms with Crippen molar-refractivity contribution in [3.05, 3.63) is 30.3 Å². The van der Waals surface area contributed by atoms with E-state index in [-0.39, 0.29) is 23.2 Å². The molecule has 2 heterocycles. The van der Waals surface area contributed by atoms with E-state index in [2.05, 4.69) is 0 Å². The third kappa shape index (κ3) is 6.61. The van der Waals surface area contributed by atoms with Crippen molar-refractivity contribution in [1.29, 1.82) is 0 Å². The summed E-state index contributed by atoms with van der Waals surface area (Å²) in [7, 11) is -2.11. The van der Waals surface area contributed by atoms with Gasteiger partial charge in [0.15, 0.2) is 9.84 Å². The molecule has 2 aliphatic heterocycles. The van der Waals surface area contributed by atoms with Crippen LogP contribution in [-0.2, 0) is 33.6 Å². The van der Waals surface area contributed by atoms with Gasteiger partial charge in [0.1, 0.15) is 17.6 Å². The summed E-state index contributed by atoms with van der Waals surface area (Å²) < 4.78 is 49.8. The molecule has 35 heavy (non-hydrogen) atoms. The van der Waals surface area contributed by atoms with Gasteiger partial charge >= 0.3 is 6.09 Å². The molecule has 1 aromatic carbocycles. The molecule has 0 bridgehead atoms. The number of sulfone groups is 1. The first-order valence-corrected chi connectivity index (χ1v) is 13.5. The lowest BCUT2D eigenvalue weighted by atomic mass is 9.94. The van der Waals surface area contributed by atoms with Crippen LogP contribution in [0.2, 0.25) is 0 Å². The van der Waals surface area contributed by atoms with Crippen molar-refractivity contribution in [3.8, 4) is 0 Å². The van der Waals surface area contributed by atoms with Gasteiger partial charge in [0.2, 0.25) is 0 Å². The lowest BCUT2D eigenvalue weighted by Crippen LogP contribution is -2.46. The van der Waals surface area contributed by atoms with Crippen LogP contribution in [0.4, 0.5) is 4.79 Å². The van der Waals surface area contributed by atoms with Gasteiger partial charge in [-0.05, 0) is 46.8 Å². The van der Waals surface area contributed by atoms with Crippen LogP contribution in [0.3, 0.4) is 0 Å². The van der Waals surface area contributed by atoms with Gasteiger partial charge in [-0.25, -0.2) is 13.2 Å². The van der Waals surface area contributed by atoms with Crippen LogP contribution in [0.25, 0.3) is 0 Å². The van der Waals surface area contributed by atoms with E-state index in [1.807, 2.05) is 0 Å². The summed E-state index contributed by atoms with van der Waals surface area (Å²) in [5, 5.41) is 0. The Kier molecular flexibility index (Phi) is 8.30. The number of ether oxygens (including phenoxy) is 4. The van der Waals surface area contributed by atoms with E-state index in [9.17, 15) is 18.0 Å². The first-order chi connectivity index (χ1) is 16.3. The molecule has 9 nitrogen and oxygen atoms in total. The maximum absolute atomic E-state index is 13.1. The number of carbonyl (C=O) groups is 2. The molecule has 2 fully saturated rings. The van der Waals surface area contributed by atoms with Gasteiger partial charge in [-0.3, -0.25) is 4.90 Å². The van der Waals surface area contributed by atoms with Crippen molar-refractivity contribution in [2.24, 2.45) is 5.92 Å². The van der Waals surface area contributed by atoms with Gasteiger partial charge in [-0.2, -0.15) is 0 Å². The van der Waals surface area contributed by atoms with Crippen molar-refractivity contribution in [2.45, 2.75) is 88.1 Å². The number of benzene rings is 1. The highest BCUT2D eigenvalue weighted by molar-refractivity contribution is 7.91. The second kappa shape index (κ2) is 10.5. The highest BCUT2D eigenvalue weighted by atomic mass is 32.2. The Morgan fingerprint density at radius 3 is 2.43 bits per heavy atom. The molecule has 0 aromatic heterocycles. The van der Waals surface area contributed by atoms with Gasteiger partial charge < -0.3 is 23.7 Å². The molecular formula is C25H37NO8S. The summed E-state index contributed by atoms with van der Waals surface area (Å²) in [6.07, 6.45) is -1.32. The molecule has 5 atom stereocenters. The standard InChI is InChI=1S/C25H37NO8S/c1-24(2,3)34-23(28)26-15-17(33-25(26,4)5)14-21-22(31-6)19(20(32-21)12-13-27)16-35(29,30)18-10-8-7-9-11-18/h7-11,13,17,19-22H,12,14-16H2,1-6H3/t17-,19-,20?,21+,22+/m0/s1. The number of rotatable bonds is 8. The van der Waals surface area contributed by atoms with Crippen LogP contribution in [0, 0.1) is 5.92 Å². The molecule has 1 unspecified atom stereocenters. The molecule has 3 rings (SSSR count). The van der Waals surface area contributed by atoms with Crippen LogP contribution < -0.4 is 0 Å². The Balaban J connectivity index is 1.75. The average Bonchev–Trinajstić information content (AvgIpc) is 3.23. The topological polar surface area (TPSA) is 108 Å². The number of carbonyl (C=O) groups excluding carboxylic acids is 2. The summed E-state index contributed by atoms with van der Waals surface area (Å²) in [6, 6.07) is 8.21. The third-order valence-corrected chi connectivity index (χ3v) is 8.14. The number of hydrogen-bond donors (Lipinski definition) is 0. The van der Waals surface area contributed by atoms with Crippen molar-refractivity contribution in [2.75, 3.05) is 19.4 Å². The van der Waals surface area contributed by atoms with E-state index in [1.54, 1.807) is 69.9 Å². The molecule has 1 aromatic rings. The van der Waals surface area contributed by atoms with E-state index in [0.717, 1.165) is 6.29 Å². The molecule has 1 amide bonds. The summed E-state index contributed by atoms with van der Waals surface area (Å²) in [5.41, 5.74) is -1.52. The molecule has 0 N–H and O–H groups in total. The second-order valence-corrected chi connectivity index (χ2v) is 12.6. The zero-order valence-corrected chi connectivity index (χ0v) is 22.1. The summed E-state index contributed by atoms with van der Waals surface area (Å²) in [5.74, 6) is -0.734. The molecular weight excluding hydrogens is 474 g/mol. The lowest BCUT2D eigenvalue weighted by molar-refractivity contribution is -0.111. The van der Waals surface area contributed by atoms with E-state index in [4.69, 9.17) is 18.9 Å². The number of amides is 1. The zero-order chi connectivity index (χ0) is 26.0. The van der Waals surface area contributed by atoms with Gasteiger partial charge in [0, 0.05) is 25.9 Å². The molecule has 0 spiro atoms. The number of aldehydes is 1. The largest absolute Gasteiger partial charge is 0.444 e. The third-order valence-electron chi connectivity index (χ3n) is 6.33. The molecule has 2 saturated heterocycles. The van der Waals surface area contributed by atoms with Gasteiger partial charge in [-0.1, -0.05) is 18.2 Å². The fourth-order valence-corrected chi connectivity index (χ4v) is 6.51. The number of nitrogens with zero attached hydrogens (tertiary/aromatic N) is 1. The quantitative estimate of drug-likeness (QED) is 0.490. The van der Waals surface area contributed by atoms with E-state index < -0.39 is 51.5 Å². The molecule has 196 valence electrons. The fourth-order valence-electron chi connectivity index (χ4n) is 4.84. The Bertz CT molecular complexity index is 988. The minimum atomic E-state index is -3.62. The Labute approximate surface area is 208 Å². The van der Waals surface area contributed by atoms with Gasteiger partial charge in [0.25, 0.3) is 0 Å². The van der Waals surface area contributed by atoms with Crippen molar-refractivity contribution < 1.29 is 37.0 Å². The Morgan fingerprint density at radius 1 is 1.20 bits per heavy atom.